The molecule has 0 aliphatic heterocycles. The fourth-order valence-corrected chi connectivity index (χ4v) is 4.00. The number of ether oxygens (including phenoxy) is 1. The standard InChI is InChI=1S/C24H21ClN4O2S/c1-31-21-12-11-18(25)14-19(21)23-27-24(29-28-23)32-15-22(30)26-20-10-6-5-9-17(20)13-16-7-3-2-4-8-16/h2-12,14H,13,15H2,1H3,(H,26,30)(H,27,28,29). The van der Waals surface area contributed by atoms with Crippen molar-refractivity contribution in [2.45, 2.75) is 11.6 Å². The number of aromatic amines is 1. The van der Waals surface area contributed by atoms with Crippen molar-refractivity contribution in [3.05, 3.63) is 88.9 Å². The zero-order valence-corrected chi connectivity index (χ0v) is 18.9. The predicted octanol–water partition coefficient (Wildman–Crippen LogP) is 5.46. The van der Waals surface area contributed by atoms with Crippen LogP contribution in [0.4, 0.5) is 5.69 Å². The molecule has 1 aromatic heterocycles. The molecule has 0 saturated carbocycles. The number of carbonyl (C=O) groups is 1. The van der Waals surface area contributed by atoms with Crippen LogP contribution in [0.1, 0.15) is 11.1 Å². The second kappa shape index (κ2) is 10.3. The van der Waals surface area contributed by atoms with Gasteiger partial charge >= 0.3 is 0 Å². The average molecular weight is 465 g/mol. The van der Waals surface area contributed by atoms with E-state index in [9.17, 15) is 4.79 Å². The fraction of sp³-hybridized carbons (Fsp3) is 0.125. The lowest BCUT2D eigenvalue weighted by atomic mass is 10.0. The van der Waals surface area contributed by atoms with Crippen molar-refractivity contribution in [2.24, 2.45) is 0 Å². The molecule has 1 heterocycles. The van der Waals surface area contributed by atoms with Crippen LogP contribution < -0.4 is 10.1 Å². The predicted molar refractivity (Wildman–Crippen MR) is 128 cm³/mol. The first-order chi connectivity index (χ1) is 15.6. The summed E-state index contributed by atoms with van der Waals surface area (Å²) in [5.74, 6) is 1.22. The van der Waals surface area contributed by atoms with Crippen LogP contribution in [0.3, 0.4) is 0 Å². The Morgan fingerprint density at radius 3 is 2.69 bits per heavy atom. The summed E-state index contributed by atoms with van der Waals surface area (Å²) in [4.78, 5) is 17.0. The summed E-state index contributed by atoms with van der Waals surface area (Å²) in [6, 6.07) is 23.3. The van der Waals surface area contributed by atoms with Gasteiger partial charge in [-0.05, 0) is 41.8 Å². The van der Waals surface area contributed by atoms with Crippen molar-refractivity contribution in [3.8, 4) is 17.1 Å². The van der Waals surface area contributed by atoms with E-state index in [2.05, 4.69) is 32.6 Å². The molecule has 1 amide bonds. The van der Waals surface area contributed by atoms with Crippen LogP contribution in [0.5, 0.6) is 5.75 Å². The first-order valence-electron chi connectivity index (χ1n) is 9.93. The van der Waals surface area contributed by atoms with Crippen molar-refractivity contribution in [3.63, 3.8) is 0 Å². The number of halogens is 1. The molecule has 0 aliphatic rings. The number of hydrogen-bond donors (Lipinski definition) is 2. The second-order valence-corrected chi connectivity index (χ2v) is 8.35. The van der Waals surface area contributed by atoms with Gasteiger partial charge in [0.05, 0.1) is 18.4 Å². The number of benzene rings is 3. The monoisotopic (exact) mass is 464 g/mol. The quantitative estimate of drug-likeness (QED) is 0.339. The molecule has 0 spiro atoms. The number of thioether (sulfide) groups is 1. The van der Waals surface area contributed by atoms with E-state index in [-0.39, 0.29) is 11.7 Å². The molecule has 0 atom stereocenters. The van der Waals surface area contributed by atoms with Gasteiger partial charge in [0.15, 0.2) is 5.82 Å². The smallest absolute Gasteiger partial charge is 0.234 e. The number of methoxy groups -OCH3 is 1. The van der Waals surface area contributed by atoms with E-state index in [1.165, 1.54) is 17.3 Å². The maximum Gasteiger partial charge on any atom is 0.234 e. The van der Waals surface area contributed by atoms with Crippen LogP contribution in [0, 0.1) is 0 Å². The van der Waals surface area contributed by atoms with Gasteiger partial charge in [-0.25, -0.2) is 4.98 Å². The zero-order valence-electron chi connectivity index (χ0n) is 17.3. The van der Waals surface area contributed by atoms with Gasteiger partial charge in [-0.1, -0.05) is 71.9 Å². The molecule has 0 saturated heterocycles. The molecule has 0 fully saturated rings. The van der Waals surface area contributed by atoms with Gasteiger partial charge < -0.3 is 10.1 Å². The SMILES string of the molecule is COc1ccc(Cl)cc1-c1nc(SCC(=O)Nc2ccccc2Cc2ccccc2)n[nH]1. The molecule has 0 bridgehead atoms. The average Bonchev–Trinajstić information content (AvgIpc) is 3.29. The number of carbonyl (C=O) groups excluding carboxylic acids is 1. The van der Waals surface area contributed by atoms with Gasteiger partial charge in [-0.2, -0.15) is 0 Å². The Hall–Kier alpha value is -3.29. The van der Waals surface area contributed by atoms with E-state index >= 15 is 0 Å². The zero-order chi connectivity index (χ0) is 22.3. The molecule has 6 nitrogen and oxygen atoms in total. The number of nitrogens with one attached hydrogen (secondary N) is 2. The Morgan fingerprint density at radius 2 is 1.88 bits per heavy atom. The highest BCUT2D eigenvalue weighted by Gasteiger charge is 2.14. The third-order valence-corrected chi connectivity index (χ3v) is 5.83. The van der Waals surface area contributed by atoms with E-state index in [0.717, 1.165) is 17.7 Å². The highest BCUT2D eigenvalue weighted by atomic mass is 35.5. The Labute approximate surface area is 195 Å². The Kier molecular flexibility index (Phi) is 7.09. The number of hydrogen-bond acceptors (Lipinski definition) is 5. The Balaban J connectivity index is 1.39. The Morgan fingerprint density at radius 1 is 1.09 bits per heavy atom. The third kappa shape index (κ3) is 5.49. The largest absolute Gasteiger partial charge is 0.496 e. The Bertz CT molecular complexity index is 1210. The topological polar surface area (TPSA) is 79.9 Å². The van der Waals surface area contributed by atoms with E-state index in [1.54, 1.807) is 25.3 Å². The number of aromatic nitrogens is 3. The summed E-state index contributed by atoms with van der Waals surface area (Å²) in [6.45, 7) is 0. The molecule has 32 heavy (non-hydrogen) atoms. The van der Waals surface area contributed by atoms with Gasteiger partial charge in [0.25, 0.3) is 0 Å². The van der Waals surface area contributed by atoms with E-state index < -0.39 is 0 Å². The fourth-order valence-electron chi connectivity index (χ4n) is 3.23. The van der Waals surface area contributed by atoms with E-state index in [0.29, 0.717) is 27.3 Å². The first kappa shape index (κ1) is 21.9. The highest BCUT2D eigenvalue weighted by molar-refractivity contribution is 7.99. The summed E-state index contributed by atoms with van der Waals surface area (Å²) in [5.41, 5.74) is 3.76. The van der Waals surface area contributed by atoms with E-state index in [1.807, 2.05) is 42.5 Å². The normalized spacial score (nSPS) is 10.7. The van der Waals surface area contributed by atoms with E-state index in [4.69, 9.17) is 16.3 Å². The molecule has 3 aromatic carbocycles. The molecular weight excluding hydrogens is 444 g/mol. The summed E-state index contributed by atoms with van der Waals surface area (Å²) in [5, 5.41) is 11.1. The lowest BCUT2D eigenvalue weighted by molar-refractivity contribution is -0.113. The van der Waals surface area contributed by atoms with Crippen molar-refractivity contribution in [1.82, 2.24) is 15.2 Å². The van der Waals surface area contributed by atoms with Gasteiger partial charge in [-0.3, -0.25) is 9.89 Å². The molecule has 0 aliphatic carbocycles. The summed E-state index contributed by atoms with van der Waals surface area (Å²) < 4.78 is 5.36. The van der Waals surface area contributed by atoms with Crippen LogP contribution in [-0.4, -0.2) is 34.0 Å². The maximum absolute atomic E-state index is 12.6. The van der Waals surface area contributed by atoms with Crippen LogP contribution in [0.2, 0.25) is 5.02 Å². The molecule has 0 radical (unpaired) electrons. The number of nitrogens with zero attached hydrogens (tertiary/aromatic N) is 2. The van der Waals surface area contributed by atoms with Gasteiger partial charge in [0.1, 0.15) is 5.75 Å². The van der Waals surface area contributed by atoms with Crippen LogP contribution in [-0.2, 0) is 11.2 Å². The number of rotatable bonds is 8. The number of amides is 1. The second-order valence-electron chi connectivity index (χ2n) is 6.97. The molecule has 4 rings (SSSR count). The van der Waals surface area contributed by atoms with Crippen molar-refractivity contribution in [1.29, 1.82) is 0 Å². The number of anilines is 1. The van der Waals surface area contributed by atoms with Crippen LogP contribution >= 0.6 is 23.4 Å². The summed E-state index contributed by atoms with van der Waals surface area (Å²) in [7, 11) is 1.58. The molecular formula is C24H21ClN4O2S. The highest BCUT2D eigenvalue weighted by Crippen LogP contribution is 2.31. The molecule has 8 heteroatoms. The first-order valence-corrected chi connectivity index (χ1v) is 11.3. The number of H-pyrrole nitrogens is 1. The minimum atomic E-state index is -0.123. The van der Waals surface area contributed by atoms with Gasteiger partial charge in [0, 0.05) is 10.7 Å². The van der Waals surface area contributed by atoms with Crippen LogP contribution in [0.25, 0.3) is 11.4 Å². The minimum Gasteiger partial charge on any atom is -0.496 e. The van der Waals surface area contributed by atoms with Gasteiger partial charge in [0.2, 0.25) is 11.1 Å². The lowest BCUT2D eigenvalue weighted by Crippen LogP contribution is -2.15. The summed E-state index contributed by atoms with van der Waals surface area (Å²) >= 11 is 7.35. The van der Waals surface area contributed by atoms with Crippen molar-refractivity contribution in [2.75, 3.05) is 18.2 Å². The van der Waals surface area contributed by atoms with Crippen LogP contribution in [0.15, 0.2) is 78.0 Å². The number of para-hydroxylation sites is 1. The van der Waals surface area contributed by atoms with Gasteiger partial charge in [-0.15, -0.1) is 5.10 Å². The molecule has 4 aromatic rings. The van der Waals surface area contributed by atoms with Crippen molar-refractivity contribution >= 4 is 35.0 Å². The minimum absolute atomic E-state index is 0.123. The lowest BCUT2D eigenvalue weighted by Gasteiger charge is -2.11. The molecule has 162 valence electrons. The maximum atomic E-state index is 12.6. The van der Waals surface area contributed by atoms with Crippen molar-refractivity contribution < 1.29 is 9.53 Å². The molecule has 2 N–H and O–H groups in total. The molecule has 0 unspecified atom stereocenters. The third-order valence-electron chi connectivity index (χ3n) is 4.74. The summed E-state index contributed by atoms with van der Waals surface area (Å²) in [6.07, 6.45) is 0.746.